The number of amides is 2. The van der Waals surface area contributed by atoms with Gasteiger partial charge < -0.3 is 11.1 Å². The van der Waals surface area contributed by atoms with Crippen molar-refractivity contribution in [1.29, 1.82) is 0 Å². The smallest absolute Gasteiger partial charge is 0.368 e. The Labute approximate surface area is 253 Å². The van der Waals surface area contributed by atoms with Crippen LogP contribution in [0.5, 0.6) is 0 Å². The molecule has 1 aliphatic rings. The van der Waals surface area contributed by atoms with Crippen LogP contribution in [0.4, 0.5) is 36.4 Å². The zero-order valence-electron chi connectivity index (χ0n) is 23.7. The van der Waals surface area contributed by atoms with E-state index in [1.807, 2.05) is 0 Å². The molecular weight excluding hydrogens is 633 g/mol. The van der Waals surface area contributed by atoms with Crippen LogP contribution in [0, 0.1) is 5.82 Å². The second kappa shape index (κ2) is 12.3. The molecule has 242 valence electrons. The third-order valence-corrected chi connectivity index (χ3v) is 8.45. The first-order valence-electron chi connectivity index (χ1n) is 13.2. The molecule has 1 saturated heterocycles. The number of carbonyl (C=O) groups is 2. The lowest BCUT2D eigenvalue weighted by molar-refractivity contribution is -0.138. The highest BCUT2D eigenvalue weighted by Crippen LogP contribution is 2.39. The third kappa shape index (κ3) is 7.73. The summed E-state index contributed by atoms with van der Waals surface area (Å²) in [6, 6.07) is 8.13. The average molecular weight is 661 g/mol. The van der Waals surface area contributed by atoms with Crippen molar-refractivity contribution in [3.05, 3.63) is 100 Å². The summed E-state index contributed by atoms with van der Waals surface area (Å²) in [6.07, 6.45) is -8.39. The lowest BCUT2D eigenvalue weighted by Gasteiger charge is -2.48. The minimum atomic E-state index is -4.63. The van der Waals surface area contributed by atoms with Crippen molar-refractivity contribution in [3.8, 4) is 0 Å². The summed E-state index contributed by atoms with van der Waals surface area (Å²) < 4.78 is 121. The molecule has 1 fully saturated rings. The molecule has 8 nitrogen and oxygen atoms in total. The molecule has 0 aromatic heterocycles. The molecule has 0 bridgehead atoms. The van der Waals surface area contributed by atoms with Crippen molar-refractivity contribution in [2.75, 3.05) is 23.7 Å². The monoisotopic (exact) mass is 660 g/mol. The number of hydrogen-bond acceptors (Lipinski definition) is 5. The van der Waals surface area contributed by atoms with Crippen LogP contribution in [0.15, 0.2) is 66.7 Å². The quantitative estimate of drug-likeness (QED) is 0.323. The van der Waals surface area contributed by atoms with Crippen LogP contribution in [0.3, 0.4) is 0 Å². The van der Waals surface area contributed by atoms with E-state index in [9.17, 15) is 48.7 Å². The first kappa shape index (κ1) is 33.7. The number of hydrogen-bond donors (Lipinski definition) is 2. The molecule has 0 saturated carbocycles. The molecule has 0 radical (unpaired) electrons. The number of sulfonamides is 1. The molecule has 0 aliphatic carbocycles. The number of alkyl halides is 6. The second-order valence-electron chi connectivity index (χ2n) is 10.6. The number of primary amides is 1. The van der Waals surface area contributed by atoms with Gasteiger partial charge in [-0.05, 0) is 60.5 Å². The minimum Gasteiger partial charge on any atom is -0.368 e. The van der Waals surface area contributed by atoms with Gasteiger partial charge in [-0.25, -0.2) is 12.8 Å². The van der Waals surface area contributed by atoms with Gasteiger partial charge in [0.15, 0.2) is 0 Å². The fraction of sp³-hybridized carbons (Fsp3) is 0.310. The summed E-state index contributed by atoms with van der Waals surface area (Å²) in [4.78, 5) is 25.6. The Kier molecular flexibility index (Phi) is 9.22. The van der Waals surface area contributed by atoms with E-state index in [1.54, 1.807) is 4.90 Å². The van der Waals surface area contributed by atoms with E-state index in [0.717, 1.165) is 53.0 Å². The van der Waals surface area contributed by atoms with Crippen LogP contribution >= 0.6 is 0 Å². The van der Waals surface area contributed by atoms with E-state index in [0.29, 0.717) is 11.1 Å². The van der Waals surface area contributed by atoms with Gasteiger partial charge in [-0.1, -0.05) is 24.3 Å². The number of nitrogens with zero attached hydrogens (tertiary/aromatic N) is 2. The second-order valence-corrected chi connectivity index (χ2v) is 12.5. The predicted octanol–water partition coefficient (Wildman–Crippen LogP) is 4.71. The number of benzene rings is 3. The molecule has 2 amide bonds. The van der Waals surface area contributed by atoms with Gasteiger partial charge in [0.05, 0.1) is 35.2 Å². The Bertz CT molecular complexity index is 1620. The van der Waals surface area contributed by atoms with Gasteiger partial charge in [0.1, 0.15) is 11.9 Å². The fourth-order valence-corrected chi connectivity index (χ4v) is 6.19. The van der Waals surface area contributed by atoms with Crippen LogP contribution < -0.4 is 15.4 Å². The standard InChI is InChI=1S/C29H27F7N4O4S/c1-16(26(37)41)38-27(42)19-11-22(30)13-23(12-19)40(45(2,43)44)24-14-39(15-24)25(17-3-7-20(8-4-17)28(31,32)33)18-5-9-21(10-6-18)29(34,35)36/h3-13,16,24-25H,14-15H2,1-2H3,(H2,37,41)(H,38,42). The molecule has 3 N–H and O–H groups in total. The van der Waals surface area contributed by atoms with Gasteiger partial charge in [-0.3, -0.25) is 18.8 Å². The van der Waals surface area contributed by atoms with Gasteiger partial charge >= 0.3 is 12.4 Å². The van der Waals surface area contributed by atoms with E-state index in [4.69, 9.17) is 5.73 Å². The minimum absolute atomic E-state index is 0.0590. The summed E-state index contributed by atoms with van der Waals surface area (Å²) >= 11 is 0. The lowest BCUT2D eigenvalue weighted by Crippen LogP contribution is -2.61. The van der Waals surface area contributed by atoms with E-state index >= 15 is 0 Å². The number of anilines is 1. The predicted molar refractivity (Wildman–Crippen MR) is 150 cm³/mol. The maximum absolute atomic E-state index is 14.6. The van der Waals surface area contributed by atoms with Gasteiger partial charge in [0.2, 0.25) is 15.9 Å². The van der Waals surface area contributed by atoms with E-state index in [1.165, 1.54) is 31.2 Å². The first-order chi connectivity index (χ1) is 20.8. The number of halogens is 7. The van der Waals surface area contributed by atoms with Crippen molar-refractivity contribution >= 4 is 27.5 Å². The van der Waals surface area contributed by atoms with Crippen LogP contribution in [-0.4, -0.2) is 56.6 Å². The van der Waals surface area contributed by atoms with Gasteiger partial charge in [-0.2, -0.15) is 26.3 Å². The lowest BCUT2D eigenvalue weighted by atomic mass is 9.91. The van der Waals surface area contributed by atoms with Crippen LogP contribution in [0.2, 0.25) is 0 Å². The Morgan fingerprint density at radius 3 is 1.76 bits per heavy atom. The summed E-state index contributed by atoms with van der Waals surface area (Å²) in [7, 11) is -4.11. The summed E-state index contributed by atoms with van der Waals surface area (Å²) in [5.41, 5.74) is 3.39. The number of rotatable bonds is 9. The number of nitrogens with one attached hydrogen (secondary N) is 1. The number of likely N-dealkylation sites (tertiary alicyclic amines) is 1. The molecule has 3 aromatic rings. The van der Waals surface area contributed by atoms with Gasteiger partial charge in [-0.15, -0.1) is 0 Å². The van der Waals surface area contributed by atoms with Crippen molar-refractivity contribution in [2.24, 2.45) is 5.73 Å². The number of nitrogens with two attached hydrogens (primary N) is 1. The molecule has 1 aliphatic heterocycles. The molecule has 16 heteroatoms. The Balaban J connectivity index is 1.67. The fourth-order valence-electron chi connectivity index (χ4n) is 5.03. The molecule has 3 aromatic carbocycles. The highest BCUT2D eigenvalue weighted by molar-refractivity contribution is 7.92. The Morgan fingerprint density at radius 2 is 1.36 bits per heavy atom. The van der Waals surface area contributed by atoms with Crippen LogP contribution in [-0.2, 0) is 27.2 Å². The SMILES string of the molecule is CC(NC(=O)c1cc(F)cc(N(C2CN(C(c3ccc(C(F)(F)F)cc3)c3ccc(C(F)(F)F)cc3)C2)S(C)(=O)=O)c1)C(N)=O. The topological polar surface area (TPSA) is 113 Å². The summed E-state index contributed by atoms with van der Waals surface area (Å²) in [5.74, 6) is -2.71. The largest absolute Gasteiger partial charge is 0.416 e. The normalized spacial score (nSPS) is 15.4. The number of carbonyl (C=O) groups excluding carboxylic acids is 2. The molecule has 45 heavy (non-hydrogen) atoms. The highest BCUT2D eigenvalue weighted by Gasteiger charge is 2.42. The maximum atomic E-state index is 14.6. The van der Waals surface area contributed by atoms with Crippen molar-refractivity contribution < 1.29 is 48.7 Å². The van der Waals surface area contributed by atoms with Crippen LogP contribution in [0.25, 0.3) is 0 Å². The van der Waals surface area contributed by atoms with E-state index in [2.05, 4.69) is 5.32 Å². The molecule has 1 atom stereocenters. The molecular formula is C29H27F7N4O4S. The molecule has 4 rings (SSSR count). The Morgan fingerprint density at radius 1 is 0.889 bits per heavy atom. The highest BCUT2D eigenvalue weighted by atomic mass is 32.2. The van der Waals surface area contributed by atoms with Crippen molar-refractivity contribution in [3.63, 3.8) is 0 Å². The summed E-state index contributed by atoms with van der Waals surface area (Å²) in [5, 5.41) is 2.27. The van der Waals surface area contributed by atoms with E-state index in [-0.39, 0.29) is 24.3 Å². The average Bonchev–Trinajstić information content (AvgIpc) is 2.90. The maximum Gasteiger partial charge on any atom is 0.416 e. The molecule has 1 heterocycles. The van der Waals surface area contributed by atoms with Crippen molar-refractivity contribution in [1.82, 2.24) is 10.2 Å². The third-order valence-electron chi connectivity index (χ3n) is 7.23. The van der Waals surface area contributed by atoms with Crippen LogP contribution in [0.1, 0.15) is 45.6 Å². The summed E-state index contributed by atoms with van der Waals surface area (Å²) in [6.45, 7) is 1.18. The molecule has 1 unspecified atom stereocenters. The van der Waals surface area contributed by atoms with E-state index < -0.39 is 69.3 Å². The van der Waals surface area contributed by atoms with Gasteiger partial charge in [0.25, 0.3) is 5.91 Å². The zero-order chi connectivity index (χ0) is 33.5. The molecule has 0 spiro atoms. The van der Waals surface area contributed by atoms with Crippen molar-refractivity contribution in [2.45, 2.75) is 37.4 Å². The Hall–Kier alpha value is -4.18. The first-order valence-corrected chi connectivity index (χ1v) is 15.1. The van der Waals surface area contributed by atoms with Gasteiger partial charge in [0, 0.05) is 18.7 Å². The zero-order valence-corrected chi connectivity index (χ0v) is 24.5.